The third-order valence-corrected chi connectivity index (χ3v) is 2.84. The van der Waals surface area contributed by atoms with Gasteiger partial charge in [-0.3, -0.25) is 14.9 Å². The Balaban J connectivity index is 1.98. The number of aromatic nitrogens is 3. The number of hydrazine groups is 1. The van der Waals surface area contributed by atoms with Gasteiger partial charge < -0.3 is 5.43 Å². The average molecular weight is 258 g/mol. The van der Waals surface area contributed by atoms with Gasteiger partial charge in [-0.25, -0.2) is 10.8 Å². The fourth-order valence-electron chi connectivity index (χ4n) is 1.77. The largest absolute Gasteiger partial charge is 0.307 e. The molecule has 6 nitrogen and oxygen atoms in total. The summed E-state index contributed by atoms with van der Waals surface area (Å²) in [4.78, 5) is 14.8. The van der Waals surface area contributed by atoms with Crippen LogP contribution in [-0.4, -0.2) is 26.4 Å². The first kappa shape index (κ1) is 13.4. The third-order valence-electron chi connectivity index (χ3n) is 2.84. The maximum atomic E-state index is 5.26. The quantitative estimate of drug-likeness (QED) is 0.598. The average Bonchev–Trinajstić information content (AvgIpc) is 2.48. The summed E-state index contributed by atoms with van der Waals surface area (Å²) in [5.74, 6) is 5.83. The molecule has 2 aromatic heterocycles. The van der Waals surface area contributed by atoms with E-state index in [4.69, 9.17) is 5.84 Å². The lowest BCUT2D eigenvalue weighted by Crippen LogP contribution is -2.23. The van der Waals surface area contributed by atoms with Gasteiger partial charge in [-0.15, -0.1) is 0 Å². The lowest BCUT2D eigenvalue weighted by molar-refractivity contribution is 0.267. The molecule has 2 rings (SSSR count). The van der Waals surface area contributed by atoms with Crippen molar-refractivity contribution in [2.24, 2.45) is 5.84 Å². The van der Waals surface area contributed by atoms with Crippen LogP contribution >= 0.6 is 0 Å². The molecule has 0 atom stereocenters. The Morgan fingerprint density at radius 3 is 2.53 bits per heavy atom. The number of anilines is 1. The summed E-state index contributed by atoms with van der Waals surface area (Å²) in [5, 5.41) is 0. The summed E-state index contributed by atoms with van der Waals surface area (Å²) in [6.45, 7) is 4.71. The van der Waals surface area contributed by atoms with Crippen molar-refractivity contribution in [2.45, 2.75) is 20.0 Å². The molecule has 3 N–H and O–H groups in total. The summed E-state index contributed by atoms with van der Waals surface area (Å²) >= 11 is 0. The van der Waals surface area contributed by atoms with Gasteiger partial charge in [0.2, 0.25) is 0 Å². The highest BCUT2D eigenvalue weighted by Gasteiger charge is 2.06. The van der Waals surface area contributed by atoms with Crippen LogP contribution in [0.4, 0.5) is 5.82 Å². The van der Waals surface area contributed by atoms with Crippen molar-refractivity contribution in [3.8, 4) is 0 Å². The maximum Gasteiger partial charge on any atom is 0.158 e. The zero-order chi connectivity index (χ0) is 13.5. The second-order valence-corrected chi connectivity index (χ2v) is 4.20. The molecule has 19 heavy (non-hydrogen) atoms. The van der Waals surface area contributed by atoms with Crippen molar-refractivity contribution in [1.82, 2.24) is 19.9 Å². The highest BCUT2D eigenvalue weighted by molar-refractivity contribution is 5.28. The molecule has 0 spiro atoms. The fraction of sp³-hybridized carbons (Fsp3) is 0.308. The van der Waals surface area contributed by atoms with E-state index in [1.54, 1.807) is 12.4 Å². The lowest BCUT2D eigenvalue weighted by atomic mass is 10.2. The standard InChI is InChI=1S/C13H18N6/c1-2-19(9-11-3-5-15-6-4-11)10-12-7-17-13(18-14)8-16-12/h3-8H,2,9-10,14H2,1H3,(H,17,18). The van der Waals surface area contributed by atoms with E-state index in [-0.39, 0.29) is 0 Å². The van der Waals surface area contributed by atoms with Gasteiger partial charge in [0.1, 0.15) is 0 Å². The first-order chi connectivity index (χ1) is 9.31. The molecule has 2 heterocycles. The van der Waals surface area contributed by atoms with Gasteiger partial charge in [-0.05, 0) is 24.2 Å². The normalized spacial score (nSPS) is 10.7. The second kappa shape index (κ2) is 6.77. The Morgan fingerprint density at radius 2 is 1.95 bits per heavy atom. The number of nitrogen functional groups attached to an aromatic ring is 1. The van der Waals surface area contributed by atoms with Crippen LogP contribution in [0.3, 0.4) is 0 Å². The number of hydrogen-bond acceptors (Lipinski definition) is 6. The minimum atomic E-state index is 0.570. The van der Waals surface area contributed by atoms with Crippen molar-refractivity contribution >= 4 is 5.82 Å². The van der Waals surface area contributed by atoms with Crippen molar-refractivity contribution in [1.29, 1.82) is 0 Å². The summed E-state index contributed by atoms with van der Waals surface area (Å²) in [5.41, 5.74) is 4.63. The van der Waals surface area contributed by atoms with E-state index in [0.29, 0.717) is 5.82 Å². The number of nitrogens with one attached hydrogen (secondary N) is 1. The first-order valence-corrected chi connectivity index (χ1v) is 6.20. The Kier molecular flexibility index (Phi) is 4.77. The van der Waals surface area contributed by atoms with Crippen LogP contribution in [0.25, 0.3) is 0 Å². The molecule has 0 amide bonds. The number of pyridine rings is 1. The second-order valence-electron chi connectivity index (χ2n) is 4.20. The van der Waals surface area contributed by atoms with Crippen molar-refractivity contribution in [3.05, 3.63) is 48.2 Å². The molecular weight excluding hydrogens is 240 g/mol. The predicted molar refractivity (Wildman–Crippen MR) is 73.9 cm³/mol. The van der Waals surface area contributed by atoms with E-state index >= 15 is 0 Å². The maximum absolute atomic E-state index is 5.26. The van der Waals surface area contributed by atoms with Crippen LogP contribution < -0.4 is 11.3 Å². The smallest absolute Gasteiger partial charge is 0.158 e. The van der Waals surface area contributed by atoms with Gasteiger partial charge in [-0.2, -0.15) is 0 Å². The highest BCUT2D eigenvalue weighted by atomic mass is 15.3. The number of nitrogens with two attached hydrogens (primary N) is 1. The lowest BCUT2D eigenvalue weighted by Gasteiger charge is -2.19. The van der Waals surface area contributed by atoms with Gasteiger partial charge in [0.25, 0.3) is 0 Å². The number of nitrogens with zero attached hydrogens (tertiary/aromatic N) is 4. The molecule has 0 saturated carbocycles. The van der Waals surface area contributed by atoms with Crippen molar-refractivity contribution < 1.29 is 0 Å². The van der Waals surface area contributed by atoms with E-state index in [9.17, 15) is 0 Å². The molecule has 2 aromatic rings. The van der Waals surface area contributed by atoms with E-state index in [1.807, 2.05) is 24.5 Å². The minimum Gasteiger partial charge on any atom is -0.307 e. The summed E-state index contributed by atoms with van der Waals surface area (Å²) < 4.78 is 0. The van der Waals surface area contributed by atoms with Gasteiger partial charge in [0.05, 0.1) is 18.1 Å². The summed E-state index contributed by atoms with van der Waals surface area (Å²) in [6, 6.07) is 4.05. The Hall–Kier alpha value is -2.05. The molecule has 0 aromatic carbocycles. The first-order valence-electron chi connectivity index (χ1n) is 6.20. The monoisotopic (exact) mass is 258 g/mol. The summed E-state index contributed by atoms with van der Waals surface area (Å²) in [6.07, 6.45) is 7.00. The Labute approximate surface area is 112 Å². The van der Waals surface area contributed by atoms with Gasteiger partial charge in [0.15, 0.2) is 5.82 Å². The van der Waals surface area contributed by atoms with E-state index in [2.05, 4.69) is 32.2 Å². The van der Waals surface area contributed by atoms with E-state index in [1.165, 1.54) is 5.56 Å². The van der Waals surface area contributed by atoms with Crippen molar-refractivity contribution in [3.63, 3.8) is 0 Å². The number of rotatable bonds is 6. The molecule has 0 aliphatic heterocycles. The molecule has 100 valence electrons. The molecule has 0 bridgehead atoms. The molecule has 0 aliphatic carbocycles. The number of hydrogen-bond donors (Lipinski definition) is 2. The van der Waals surface area contributed by atoms with Crippen LogP contribution in [0.5, 0.6) is 0 Å². The molecule has 0 fully saturated rings. The van der Waals surface area contributed by atoms with Crippen LogP contribution in [0.1, 0.15) is 18.2 Å². The van der Waals surface area contributed by atoms with Crippen LogP contribution in [-0.2, 0) is 13.1 Å². The predicted octanol–water partition coefficient (Wildman–Crippen LogP) is 1.18. The zero-order valence-electron chi connectivity index (χ0n) is 11.0. The molecule has 0 unspecified atom stereocenters. The minimum absolute atomic E-state index is 0.570. The summed E-state index contributed by atoms with van der Waals surface area (Å²) in [7, 11) is 0. The van der Waals surface area contributed by atoms with E-state index < -0.39 is 0 Å². The van der Waals surface area contributed by atoms with Crippen LogP contribution in [0.15, 0.2) is 36.9 Å². The van der Waals surface area contributed by atoms with Crippen LogP contribution in [0, 0.1) is 0 Å². The Bertz CT molecular complexity index is 484. The molecule has 0 aliphatic rings. The highest BCUT2D eigenvalue weighted by Crippen LogP contribution is 2.08. The van der Waals surface area contributed by atoms with Crippen LogP contribution in [0.2, 0.25) is 0 Å². The molecule has 6 heteroatoms. The van der Waals surface area contributed by atoms with E-state index in [0.717, 1.165) is 25.3 Å². The molecule has 0 saturated heterocycles. The third kappa shape index (κ3) is 3.97. The topological polar surface area (TPSA) is 80.0 Å². The molecule has 0 radical (unpaired) electrons. The Morgan fingerprint density at radius 1 is 1.16 bits per heavy atom. The van der Waals surface area contributed by atoms with Crippen molar-refractivity contribution in [2.75, 3.05) is 12.0 Å². The van der Waals surface area contributed by atoms with Gasteiger partial charge in [0, 0.05) is 25.5 Å². The van der Waals surface area contributed by atoms with Gasteiger partial charge in [-0.1, -0.05) is 6.92 Å². The van der Waals surface area contributed by atoms with Gasteiger partial charge >= 0.3 is 0 Å². The SMILES string of the molecule is CCN(Cc1ccncc1)Cc1cnc(NN)cn1. The zero-order valence-corrected chi connectivity index (χ0v) is 11.0. The fourth-order valence-corrected chi connectivity index (χ4v) is 1.77. The molecular formula is C13H18N6.